The van der Waals surface area contributed by atoms with E-state index in [9.17, 15) is 19.0 Å². The summed E-state index contributed by atoms with van der Waals surface area (Å²) in [5.41, 5.74) is 0. The minimum atomic E-state index is -4.41. The fraction of sp³-hybridized carbons (Fsp3) is 0.588. The van der Waals surface area contributed by atoms with E-state index in [0.717, 1.165) is 148 Å². The fourth-order valence-corrected chi connectivity index (χ4v) is 8.21. The van der Waals surface area contributed by atoms with Gasteiger partial charge in [-0.05, 0) is 122 Å². The zero-order valence-electron chi connectivity index (χ0n) is 49.8. The number of rotatable bonds is 53. The highest BCUT2D eigenvalue weighted by Crippen LogP contribution is 2.43. The Bertz CT molecular complexity index is 1870. The lowest BCUT2D eigenvalue weighted by Gasteiger charge is -2.24. The maximum Gasteiger partial charge on any atom is 0.472 e. The first-order valence-electron chi connectivity index (χ1n) is 30.2. The molecule has 0 aliphatic carbocycles. The summed E-state index contributed by atoms with van der Waals surface area (Å²) < 4.78 is 34.5. The van der Waals surface area contributed by atoms with E-state index in [1.807, 2.05) is 21.1 Å². The zero-order valence-corrected chi connectivity index (χ0v) is 50.7. The molecule has 78 heavy (non-hydrogen) atoms. The smallest absolute Gasteiger partial charge is 0.462 e. The van der Waals surface area contributed by atoms with Crippen LogP contribution in [0.15, 0.2) is 158 Å². The van der Waals surface area contributed by atoms with Crippen LogP contribution >= 0.6 is 7.82 Å². The molecule has 0 amide bonds. The molecule has 0 fully saturated rings. The Balaban J connectivity index is 4.23. The first-order valence-corrected chi connectivity index (χ1v) is 31.7. The van der Waals surface area contributed by atoms with Crippen LogP contribution in [-0.4, -0.2) is 74.9 Å². The van der Waals surface area contributed by atoms with Gasteiger partial charge in [0.05, 0.1) is 27.7 Å². The van der Waals surface area contributed by atoms with Crippen LogP contribution < -0.4 is 0 Å². The van der Waals surface area contributed by atoms with Crippen LogP contribution in [0.1, 0.15) is 206 Å². The topological polar surface area (TPSA) is 108 Å². The molecule has 2 atom stereocenters. The molecule has 0 aliphatic rings. The van der Waals surface area contributed by atoms with Gasteiger partial charge in [0.15, 0.2) is 6.10 Å². The highest BCUT2D eigenvalue weighted by Gasteiger charge is 2.27. The molecule has 0 rings (SSSR count). The normalized spacial score (nSPS) is 14.4. The number of allylic oxidation sites excluding steroid dienone is 26. The third-order valence-electron chi connectivity index (χ3n) is 12.1. The molecule has 2 unspecified atom stereocenters. The second-order valence-electron chi connectivity index (χ2n) is 20.6. The van der Waals surface area contributed by atoms with Crippen molar-refractivity contribution in [3.05, 3.63) is 158 Å². The molecule has 0 aromatic rings. The molecular weight excluding hydrogens is 990 g/mol. The lowest BCUT2D eigenvalue weighted by Crippen LogP contribution is -2.37. The van der Waals surface area contributed by atoms with E-state index in [2.05, 4.69) is 172 Å². The van der Waals surface area contributed by atoms with Crippen LogP contribution in [0.5, 0.6) is 0 Å². The molecule has 9 nitrogen and oxygen atoms in total. The van der Waals surface area contributed by atoms with Crippen molar-refractivity contribution in [1.29, 1.82) is 0 Å². The van der Waals surface area contributed by atoms with Crippen molar-refractivity contribution in [3.8, 4) is 0 Å². The van der Waals surface area contributed by atoms with Gasteiger partial charge in [-0.3, -0.25) is 18.6 Å². The lowest BCUT2D eigenvalue weighted by molar-refractivity contribution is -0.870. The van der Waals surface area contributed by atoms with Crippen molar-refractivity contribution in [2.75, 3.05) is 47.5 Å². The monoisotopic (exact) mass is 1100 g/mol. The Morgan fingerprint density at radius 1 is 0.397 bits per heavy atom. The maximum atomic E-state index is 12.8. The first kappa shape index (κ1) is 73.6. The van der Waals surface area contributed by atoms with Gasteiger partial charge < -0.3 is 18.9 Å². The van der Waals surface area contributed by atoms with Crippen molar-refractivity contribution < 1.29 is 42.1 Å². The van der Waals surface area contributed by atoms with E-state index in [0.29, 0.717) is 23.9 Å². The largest absolute Gasteiger partial charge is 0.472 e. The van der Waals surface area contributed by atoms with E-state index in [1.165, 1.54) is 19.3 Å². The maximum absolute atomic E-state index is 12.8. The van der Waals surface area contributed by atoms with Crippen LogP contribution in [0.2, 0.25) is 0 Å². The van der Waals surface area contributed by atoms with Crippen LogP contribution in [-0.2, 0) is 32.7 Å². The number of quaternary nitrogens is 1. The number of phosphoric acid groups is 1. The molecule has 0 radical (unpaired) electrons. The van der Waals surface area contributed by atoms with Crippen LogP contribution in [0.4, 0.5) is 0 Å². The summed E-state index contributed by atoms with van der Waals surface area (Å²) in [7, 11) is 1.43. The average molecular weight is 1100 g/mol. The molecule has 0 heterocycles. The van der Waals surface area contributed by atoms with Gasteiger partial charge in [-0.1, -0.05) is 230 Å². The van der Waals surface area contributed by atoms with Crippen molar-refractivity contribution in [2.24, 2.45) is 0 Å². The van der Waals surface area contributed by atoms with Crippen LogP contribution in [0, 0.1) is 0 Å². The lowest BCUT2D eigenvalue weighted by atomic mass is 10.1. The Morgan fingerprint density at radius 2 is 0.692 bits per heavy atom. The summed E-state index contributed by atoms with van der Waals surface area (Å²) in [6.07, 6.45) is 86.0. The molecule has 0 aliphatic heterocycles. The number of carbonyl (C=O) groups is 2. The zero-order chi connectivity index (χ0) is 57.0. The summed E-state index contributed by atoms with van der Waals surface area (Å²) in [6.45, 7) is 4.15. The molecule has 440 valence electrons. The minimum absolute atomic E-state index is 0.0175. The Kier molecular flexibility index (Phi) is 54.1. The quantitative estimate of drug-likeness (QED) is 0.0211. The third-order valence-corrected chi connectivity index (χ3v) is 13.0. The van der Waals surface area contributed by atoms with Gasteiger partial charge in [0.1, 0.15) is 19.8 Å². The second kappa shape index (κ2) is 57.3. The molecule has 10 heteroatoms. The summed E-state index contributed by atoms with van der Waals surface area (Å²) in [4.78, 5) is 35.7. The van der Waals surface area contributed by atoms with E-state index in [4.69, 9.17) is 18.5 Å². The number of hydrogen-bond donors (Lipinski definition) is 1. The average Bonchev–Trinajstić information content (AvgIpc) is 3.41. The van der Waals surface area contributed by atoms with E-state index >= 15 is 0 Å². The fourth-order valence-electron chi connectivity index (χ4n) is 7.47. The summed E-state index contributed by atoms with van der Waals surface area (Å²) >= 11 is 0. The molecular formula is C68H111NO8P+. The number of nitrogens with zero attached hydrogens (tertiary/aromatic N) is 1. The third kappa shape index (κ3) is 60.9. The molecule has 0 spiro atoms. The first-order chi connectivity index (χ1) is 38.0. The predicted molar refractivity (Wildman–Crippen MR) is 334 cm³/mol. The van der Waals surface area contributed by atoms with Crippen LogP contribution in [0.3, 0.4) is 0 Å². The van der Waals surface area contributed by atoms with E-state index in [1.54, 1.807) is 0 Å². The standard InChI is InChI=1S/C68H110NO8P/c1-6-8-10-12-14-16-18-20-22-24-26-27-28-29-30-31-32-33-34-35-36-37-38-39-40-41-43-45-47-49-51-53-55-57-59-61-68(71)77-66(65-76-78(72,73)75-63-62-69(3,4)5)64-74-67(70)60-58-56-54-52-50-48-46-44-42-25-23-21-19-17-15-13-11-9-7-2/h8-11,14-17,20-23,26-27,29-30,32-33,35-36,38-39,41-44,66H,6-7,12-13,18-19,24-25,28,31,34,37,40,45-65H2,1-5H3/p+1/b10-8-,11-9-,16-14-,17-15-,22-20-,23-21-,27-26-,30-29-,33-32-,36-35-,39-38-,43-41-,44-42-. The molecule has 0 bridgehead atoms. The number of esters is 2. The Hall–Kier alpha value is -4.37. The number of unbranched alkanes of at least 4 members (excludes halogenated alkanes) is 13. The molecule has 0 saturated heterocycles. The Labute approximate surface area is 477 Å². The van der Waals surface area contributed by atoms with Gasteiger partial charge in [-0.25, -0.2) is 4.57 Å². The molecule has 0 aromatic carbocycles. The number of hydrogen-bond acceptors (Lipinski definition) is 7. The van der Waals surface area contributed by atoms with Crippen LogP contribution in [0.25, 0.3) is 0 Å². The molecule has 0 saturated carbocycles. The van der Waals surface area contributed by atoms with Crippen molar-refractivity contribution in [1.82, 2.24) is 0 Å². The number of likely N-dealkylation sites (N-methyl/N-ethyl adjacent to an activating group) is 1. The summed E-state index contributed by atoms with van der Waals surface area (Å²) in [5, 5.41) is 0. The second-order valence-corrected chi connectivity index (χ2v) is 22.1. The summed E-state index contributed by atoms with van der Waals surface area (Å²) in [6, 6.07) is 0. The van der Waals surface area contributed by atoms with E-state index in [-0.39, 0.29) is 26.1 Å². The SMILES string of the molecule is CC/C=C\C/C=C\C/C=C\C/C=C\C/C=C\C/C=C\C/C=C\C/C=C\C/C=C\CCCCCCCCCC(=O)OC(COC(=O)CCCCCCCC/C=C\C/C=C\C/C=C\C/C=C\CC)COP(=O)(O)OCC[N+](C)(C)C. The number of phosphoric ester groups is 1. The molecule has 1 N–H and O–H groups in total. The highest BCUT2D eigenvalue weighted by atomic mass is 31.2. The highest BCUT2D eigenvalue weighted by molar-refractivity contribution is 7.47. The summed E-state index contributed by atoms with van der Waals surface area (Å²) in [5.74, 6) is -0.839. The number of carbonyl (C=O) groups excluding carboxylic acids is 2. The Morgan fingerprint density at radius 3 is 1.03 bits per heavy atom. The number of ether oxygens (including phenoxy) is 2. The van der Waals surface area contributed by atoms with Gasteiger partial charge in [0, 0.05) is 12.8 Å². The van der Waals surface area contributed by atoms with Crippen molar-refractivity contribution in [3.63, 3.8) is 0 Å². The van der Waals surface area contributed by atoms with Gasteiger partial charge in [-0.15, -0.1) is 0 Å². The van der Waals surface area contributed by atoms with Gasteiger partial charge in [0.2, 0.25) is 0 Å². The minimum Gasteiger partial charge on any atom is -0.462 e. The van der Waals surface area contributed by atoms with E-state index < -0.39 is 32.5 Å². The van der Waals surface area contributed by atoms with Gasteiger partial charge >= 0.3 is 19.8 Å². The predicted octanol–water partition coefficient (Wildman–Crippen LogP) is 19.3. The van der Waals surface area contributed by atoms with Crippen molar-refractivity contribution >= 4 is 19.8 Å². The van der Waals surface area contributed by atoms with Gasteiger partial charge in [-0.2, -0.15) is 0 Å². The van der Waals surface area contributed by atoms with Gasteiger partial charge in [0.25, 0.3) is 0 Å². The van der Waals surface area contributed by atoms with Crippen molar-refractivity contribution in [2.45, 2.75) is 213 Å². The molecule has 0 aromatic heterocycles.